The van der Waals surface area contributed by atoms with Gasteiger partial charge in [0.25, 0.3) is 5.56 Å². The monoisotopic (exact) mass is 363 g/mol. The number of nitrogens with zero attached hydrogens (tertiary/aromatic N) is 4. The molecule has 126 valence electrons. The Balaban J connectivity index is 2.24. The molecule has 0 radical (unpaired) electrons. The molecular formula is C10H14N5O6PS. The SMILES string of the molecule is Cc1cn(C2C[C@H](N=[N+]=[N-])[C@@H](COP(=O)(O)S)O2)c(=O)[nH]c1=O. The van der Waals surface area contributed by atoms with Gasteiger partial charge in [-0.25, -0.2) is 9.36 Å². The number of aryl methyl sites for hydroxylation is 1. The Morgan fingerprint density at radius 1 is 1.70 bits per heavy atom. The summed E-state index contributed by atoms with van der Waals surface area (Å²) in [6.45, 7) is -2.83. The average molecular weight is 363 g/mol. The van der Waals surface area contributed by atoms with E-state index in [4.69, 9.17) is 15.2 Å². The molecule has 0 saturated carbocycles. The lowest BCUT2D eigenvalue weighted by Crippen LogP contribution is -2.33. The van der Waals surface area contributed by atoms with Crippen molar-refractivity contribution in [2.24, 2.45) is 5.11 Å². The number of thiol groups is 1. The minimum absolute atomic E-state index is 0.145. The Morgan fingerprint density at radius 2 is 2.39 bits per heavy atom. The van der Waals surface area contributed by atoms with E-state index in [1.54, 1.807) is 0 Å². The Bertz CT molecular complexity index is 796. The molecule has 1 aliphatic rings. The van der Waals surface area contributed by atoms with Crippen molar-refractivity contribution >= 4 is 19.0 Å². The molecule has 13 heteroatoms. The number of hydrogen-bond acceptors (Lipinski definition) is 6. The zero-order valence-corrected chi connectivity index (χ0v) is 13.7. The summed E-state index contributed by atoms with van der Waals surface area (Å²) in [6, 6.07) is -0.705. The van der Waals surface area contributed by atoms with Crippen molar-refractivity contribution in [3.05, 3.63) is 43.0 Å². The molecule has 0 aliphatic carbocycles. The van der Waals surface area contributed by atoms with E-state index in [9.17, 15) is 14.2 Å². The predicted molar refractivity (Wildman–Crippen MR) is 82.3 cm³/mol. The van der Waals surface area contributed by atoms with Gasteiger partial charge >= 0.3 is 12.5 Å². The highest BCUT2D eigenvalue weighted by molar-refractivity contribution is 8.44. The number of hydrogen-bond donors (Lipinski definition) is 3. The van der Waals surface area contributed by atoms with E-state index in [0.717, 1.165) is 4.57 Å². The van der Waals surface area contributed by atoms with Crippen LogP contribution < -0.4 is 11.2 Å². The van der Waals surface area contributed by atoms with Crippen LogP contribution in [0.4, 0.5) is 0 Å². The van der Waals surface area contributed by atoms with Crippen LogP contribution in [0.25, 0.3) is 10.4 Å². The van der Waals surface area contributed by atoms with E-state index >= 15 is 0 Å². The van der Waals surface area contributed by atoms with Crippen molar-refractivity contribution in [3.8, 4) is 0 Å². The molecule has 1 saturated heterocycles. The van der Waals surface area contributed by atoms with Gasteiger partial charge in [-0.3, -0.25) is 18.9 Å². The fourth-order valence-corrected chi connectivity index (χ4v) is 2.74. The van der Waals surface area contributed by atoms with Gasteiger partial charge < -0.3 is 9.63 Å². The molecule has 0 spiro atoms. The molecule has 2 heterocycles. The molecule has 1 aliphatic heterocycles. The summed E-state index contributed by atoms with van der Waals surface area (Å²) in [4.78, 5) is 37.1. The maximum Gasteiger partial charge on any atom is 0.383 e. The van der Waals surface area contributed by atoms with Gasteiger partial charge in [-0.2, -0.15) is 0 Å². The van der Waals surface area contributed by atoms with E-state index < -0.39 is 36.4 Å². The lowest BCUT2D eigenvalue weighted by atomic mass is 10.1. The lowest BCUT2D eigenvalue weighted by Gasteiger charge is -2.17. The molecular weight excluding hydrogens is 349 g/mol. The third-order valence-corrected chi connectivity index (χ3v) is 4.10. The highest BCUT2D eigenvalue weighted by Gasteiger charge is 2.37. The van der Waals surface area contributed by atoms with E-state index in [1.807, 2.05) is 0 Å². The molecule has 0 bridgehead atoms. The van der Waals surface area contributed by atoms with Crippen molar-refractivity contribution in [1.82, 2.24) is 9.55 Å². The number of ether oxygens (including phenoxy) is 1. The second-order valence-corrected chi connectivity index (χ2v) is 7.66. The first-order valence-corrected chi connectivity index (χ1v) is 9.16. The fourth-order valence-electron chi connectivity index (χ4n) is 2.19. The van der Waals surface area contributed by atoms with E-state index in [-0.39, 0.29) is 13.0 Å². The summed E-state index contributed by atoms with van der Waals surface area (Å²) in [5.41, 5.74) is 7.72. The Hall–Kier alpha value is -1.55. The minimum Gasteiger partial charge on any atom is -0.352 e. The third kappa shape index (κ3) is 4.47. The first-order chi connectivity index (χ1) is 10.7. The summed E-state index contributed by atoms with van der Waals surface area (Å²) >= 11 is 3.38. The van der Waals surface area contributed by atoms with Crippen LogP contribution in [0.3, 0.4) is 0 Å². The number of rotatable bonds is 5. The highest BCUT2D eigenvalue weighted by atomic mass is 32.7. The minimum atomic E-state index is -4.02. The second-order valence-electron chi connectivity index (χ2n) is 4.90. The smallest absolute Gasteiger partial charge is 0.352 e. The summed E-state index contributed by atoms with van der Waals surface area (Å²) in [5.74, 6) is 0. The molecule has 0 aromatic carbocycles. The average Bonchev–Trinajstić information content (AvgIpc) is 2.83. The first-order valence-electron chi connectivity index (χ1n) is 6.43. The Morgan fingerprint density at radius 3 is 3.00 bits per heavy atom. The normalized spacial score (nSPS) is 26.5. The molecule has 2 rings (SSSR count). The quantitative estimate of drug-likeness (QED) is 0.231. The maximum absolute atomic E-state index is 11.9. The zero-order valence-electron chi connectivity index (χ0n) is 11.9. The lowest BCUT2D eigenvalue weighted by molar-refractivity contribution is -0.0231. The molecule has 23 heavy (non-hydrogen) atoms. The van der Waals surface area contributed by atoms with Gasteiger partial charge in [0, 0.05) is 23.1 Å². The zero-order chi connectivity index (χ0) is 17.2. The number of nitrogens with one attached hydrogen (secondary N) is 1. The number of azide groups is 1. The molecule has 2 N–H and O–H groups in total. The van der Waals surface area contributed by atoms with Crippen molar-refractivity contribution in [1.29, 1.82) is 0 Å². The summed E-state index contributed by atoms with van der Waals surface area (Å²) in [6.07, 6.45) is -0.161. The van der Waals surface area contributed by atoms with E-state index in [2.05, 4.69) is 31.8 Å². The molecule has 11 nitrogen and oxygen atoms in total. The Labute approximate surface area is 134 Å². The van der Waals surface area contributed by atoms with Crippen LogP contribution in [0.5, 0.6) is 0 Å². The van der Waals surface area contributed by atoms with Gasteiger partial charge in [0.2, 0.25) is 0 Å². The molecule has 0 amide bonds. The van der Waals surface area contributed by atoms with Crippen LogP contribution in [0.1, 0.15) is 18.2 Å². The molecule has 1 fully saturated rings. The van der Waals surface area contributed by atoms with Crippen LogP contribution in [0.2, 0.25) is 0 Å². The van der Waals surface area contributed by atoms with E-state index in [1.165, 1.54) is 13.1 Å². The van der Waals surface area contributed by atoms with Crippen LogP contribution in [-0.4, -0.2) is 33.2 Å². The van der Waals surface area contributed by atoms with Gasteiger partial charge in [0.05, 0.1) is 18.8 Å². The van der Waals surface area contributed by atoms with Gasteiger partial charge in [-0.1, -0.05) is 17.4 Å². The second kappa shape index (κ2) is 6.91. The topological polar surface area (TPSA) is 159 Å². The number of aromatic amines is 1. The largest absolute Gasteiger partial charge is 0.383 e. The number of aromatic nitrogens is 2. The van der Waals surface area contributed by atoms with Crippen LogP contribution in [0.15, 0.2) is 20.9 Å². The molecule has 1 aromatic rings. The maximum atomic E-state index is 11.9. The summed E-state index contributed by atoms with van der Waals surface area (Å²) in [5, 5.41) is 3.54. The standard InChI is InChI=1S/C10H14N5O6PS/c1-5-3-15(10(17)12-9(5)16)8-2-6(13-14-11)7(21-8)4-20-22(18,19)23/h3,6-8H,2,4H2,1H3,(H,12,16,17)(H2,18,19,23)/t6-,7+,8?/m0/s1. The predicted octanol–water partition coefficient (Wildman–Crippen LogP) is 0.858. The van der Waals surface area contributed by atoms with Crippen molar-refractivity contribution in [2.75, 3.05) is 6.61 Å². The number of H-pyrrole nitrogens is 1. The van der Waals surface area contributed by atoms with Crippen LogP contribution in [-0.2, 0) is 13.8 Å². The highest BCUT2D eigenvalue weighted by Crippen LogP contribution is 2.47. The fraction of sp³-hybridized carbons (Fsp3) is 0.600. The van der Waals surface area contributed by atoms with Crippen molar-refractivity contribution in [2.45, 2.75) is 31.7 Å². The van der Waals surface area contributed by atoms with Gasteiger partial charge in [-0.15, -0.1) is 0 Å². The third-order valence-electron chi connectivity index (χ3n) is 3.27. The molecule has 4 atom stereocenters. The molecule has 2 unspecified atom stereocenters. The Kier molecular flexibility index (Phi) is 5.35. The summed E-state index contributed by atoms with van der Waals surface area (Å²) in [7, 11) is 0. The van der Waals surface area contributed by atoms with E-state index in [0.29, 0.717) is 5.56 Å². The van der Waals surface area contributed by atoms with Gasteiger partial charge in [0.1, 0.15) is 6.23 Å². The van der Waals surface area contributed by atoms with Crippen molar-refractivity contribution < 1.29 is 18.7 Å². The van der Waals surface area contributed by atoms with Crippen LogP contribution >= 0.6 is 19.0 Å². The van der Waals surface area contributed by atoms with Crippen molar-refractivity contribution in [3.63, 3.8) is 0 Å². The summed E-state index contributed by atoms with van der Waals surface area (Å²) < 4.78 is 22.5. The molecule has 1 aromatic heterocycles. The van der Waals surface area contributed by atoms with Gasteiger partial charge in [-0.05, 0) is 12.5 Å². The van der Waals surface area contributed by atoms with Gasteiger partial charge in [0.15, 0.2) is 0 Å². The first kappa shape index (κ1) is 17.8. The van der Waals surface area contributed by atoms with Crippen LogP contribution in [0, 0.1) is 6.92 Å².